The SMILES string of the molecule is Cc1ccc(-c2noc(C)c2Cn2ncc(-c3ccc(C4CC4)nc3)cc2=O)cn1. The molecule has 0 spiro atoms. The van der Waals surface area contributed by atoms with E-state index in [2.05, 4.69) is 20.2 Å². The first kappa shape index (κ1) is 18.4. The van der Waals surface area contributed by atoms with Gasteiger partial charge in [-0.05, 0) is 44.9 Å². The Bertz CT molecular complexity index is 1250. The van der Waals surface area contributed by atoms with Gasteiger partial charge in [-0.2, -0.15) is 5.10 Å². The van der Waals surface area contributed by atoms with E-state index in [4.69, 9.17) is 4.52 Å². The van der Waals surface area contributed by atoms with Crippen LogP contribution in [0, 0.1) is 13.8 Å². The van der Waals surface area contributed by atoms with Gasteiger partial charge in [-0.3, -0.25) is 14.8 Å². The fourth-order valence-electron chi connectivity index (χ4n) is 3.47. The van der Waals surface area contributed by atoms with Gasteiger partial charge in [0.05, 0.1) is 12.7 Å². The van der Waals surface area contributed by atoms with E-state index in [-0.39, 0.29) is 12.1 Å². The van der Waals surface area contributed by atoms with Crippen LogP contribution in [0.15, 0.2) is 58.2 Å². The van der Waals surface area contributed by atoms with E-state index < -0.39 is 0 Å². The van der Waals surface area contributed by atoms with Gasteiger partial charge in [-0.1, -0.05) is 11.2 Å². The Balaban J connectivity index is 1.43. The van der Waals surface area contributed by atoms with Crippen LogP contribution in [-0.2, 0) is 6.54 Å². The van der Waals surface area contributed by atoms with Crippen molar-refractivity contribution in [2.75, 3.05) is 0 Å². The number of aryl methyl sites for hydroxylation is 2. The molecule has 30 heavy (non-hydrogen) atoms. The van der Waals surface area contributed by atoms with Crippen LogP contribution in [0.25, 0.3) is 22.4 Å². The first-order chi connectivity index (χ1) is 14.6. The molecule has 1 fully saturated rings. The Hall–Kier alpha value is -3.61. The van der Waals surface area contributed by atoms with Crippen molar-refractivity contribution >= 4 is 0 Å². The molecule has 0 amide bonds. The molecule has 7 nitrogen and oxygen atoms in total. The molecule has 4 aromatic rings. The van der Waals surface area contributed by atoms with Crippen molar-refractivity contribution in [3.05, 3.63) is 82.0 Å². The fraction of sp³-hybridized carbons (Fsp3) is 0.261. The molecule has 0 saturated heterocycles. The molecule has 150 valence electrons. The topological polar surface area (TPSA) is 86.7 Å². The summed E-state index contributed by atoms with van der Waals surface area (Å²) in [5.41, 5.74) is 5.86. The Morgan fingerprint density at radius 2 is 1.80 bits per heavy atom. The number of aromatic nitrogens is 5. The minimum Gasteiger partial charge on any atom is -0.361 e. The molecule has 0 N–H and O–H groups in total. The Kier molecular flexibility index (Phi) is 4.50. The van der Waals surface area contributed by atoms with Gasteiger partial charge in [0, 0.05) is 58.0 Å². The summed E-state index contributed by atoms with van der Waals surface area (Å²) in [4.78, 5) is 21.6. The minimum atomic E-state index is -0.188. The smallest absolute Gasteiger partial charge is 0.267 e. The van der Waals surface area contributed by atoms with E-state index in [1.54, 1.807) is 18.5 Å². The summed E-state index contributed by atoms with van der Waals surface area (Å²) in [7, 11) is 0. The van der Waals surface area contributed by atoms with E-state index in [1.807, 2.05) is 44.3 Å². The molecule has 5 rings (SSSR count). The van der Waals surface area contributed by atoms with Crippen LogP contribution in [0.4, 0.5) is 0 Å². The molecule has 0 aliphatic heterocycles. The quantitative estimate of drug-likeness (QED) is 0.506. The zero-order valence-corrected chi connectivity index (χ0v) is 16.9. The molecule has 0 bridgehead atoms. The van der Waals surface area contributed by atoms with Crippen LogP contribution >= 0.6 is 0 Å². The maximum atomic E-state index is 12.7. The monoisotopic (exact) mass is 399 g/mol. The molecule has 0 unspecified atom stereocenters. The normalized spacial score (nSPS) is 13.5. The average molecular weight is 399 g/mol. The highest BCUT2D eigenvalue weighted by Gasteiger charge is 2.24. The van der Waals surface area contributed by atoms with Crippen molar-refractivity contribution in [1.29, 1.82) is 0 Å². The van der Waals surface area contributed by atoms with Crippen molar-refractivity contribution < 1.29 is 4.52 Å². The third-order valence-corrected chi connectivity index (χ3v) is 5.46. The van der Waals surface area contributed by atoms with Crippen LogP contribution < -0.4 is 5.56 Å². The highest BCUT2D eigenvalue weighted by atomic mass is 16.5. The van der Waals surface area contributed by atoms with E-state index in [0.29, 0.717) is 17.4 Å². The van der Waals surface area contributed by atoms with Crippen LogP contribution in [0.2, 0.25) is 0 Å². The van der Waals surface area contributed by atoms with Gasteiger partial charge >= 0.3 is 0 Å². The van der Waals surface area contributed by atoms with Gasteiger partial charge in [0.2, 0.25) is 0 Å². The zero-order valence-electron chi connectivity index (χ0n) is 16.9. The highest BCUT2D eigenvalue weighted by Crippen LogP contribution is 2.39. The lowest BCUT2D eigenvalue weighted by Gasteiger charge is -2.07. The third-order valence-electron chi connectivity index (χ3n) is 5.46. The third kappa shape index (κ3) is 3.54. The van der Waals surface area contributed by atoms with E-state index in [9.17, 15) is 4.79 Å². The Morgan fingerprint density at radius 3 is 2.47 bits per heavy atom. The van der Waals surface area contributed by atoms with Gasteiger partial charge in [0.25, 0.3) is 5.56 Å². The van der Waals surface area contributed by atoms with Crippen molar-refractivity contribution in [3.63, 3.8) is 0 Å². The predicted molar refractivity (Wildman–Crippen MR) is 112 cm³/mol. The molecular weight excluding hydrogens is 378 g/mol. The van der Waals surface area contributed by atoms with Crippen LogP contribution in [-0.4, -0.2) is 24.9 Å². The Morgan fingerprint density at radius 1 is 1.00 bits per heavy atom. The second-order valence-corrected chi connectivity index (χ2v) is 7.74. The lowest BCUT2D eigenvalue weighted by atomic mass is 10.1. The van der Waals surface area contributed by atoms with E-state index in [1.165, 1.54) is 17.5 Å². The van der Waals surface area contributed by atoms with Crippen LogP contribution in [0.5, 0.6) is 0 Å². The first-order valence-corrected chi connectivity index (χ1v) is 10.00. The predicted octanol–water partition coefficient (Wildman–Crippen LogP) is 3.90. The van der Waals surface area contributed by atoms with E-state index in [0.717, 1.165) is 33.6 Å². The summed E-state index contributed by atoms with van der Waals surface area (Å²) >= 11 is 0. The number of nitrogens with zero attached hydrogens (tertiary/aromatic N) is 5. The van der Waals surface area contributed by atoms with Gasteiger partial charge in [-0.25, -0.2) is 4.68 Å². The molecule has 0 atom stereocenters. The van der Waals surface area contributed by atoms with Crippen molar-refractivity contribution in [1.82, 2.24) is 24.9 Å². The fourth-order valence-corrected chi connectivity index (χ4v) is 3.47. The Labute approximate surface area is 173 Å². The molecule has 4 aromatic heterocycles. The molecule has 1 aliphatic carbocycles. The summed E-state index contributed by atoms with van der Waals surface area (Å²) in [5.74, 6) is 1.26. The molecule has 0 radical (unpaired) electrons. The van der Waals surface area contributed by atoms with Crippen LogP contribution in [0.1, 0.15) is 41.5 Å². The van der Waals surface area contributed by atoms with E-state index >= 15 is 0 Å². The highest BCUT2D eigenvalue weighted by molar-refractivity contribution is 5.63. The standard InChI is InChI=1S/C23H21N5O2/c1-14-3-4-18(11-24-14)23-20(15(2)30-27-23)13-28-22(29)9-19(12-26-28)17-7-8-21(25-10-17)16-5-6-16/h3-4,7-12,16H,5-6,13H2,1-2H3. The second kappa shape index (κ2) is 7.33. The average Bonchev–Trinajstić information content (AvgIpc) is 3.55. The van der Waals surface area contributed by atoms with Gasteiger partial charge in [0.15, 0.2) is 0 Å². The molecular formula is C23H21N5O2. The van der Waals surface area contributed by atoms with Crippen molar-refractivity contribution in [2.45, 2.75) is 39.2 Å². The number of hydrogen-bond acceptors (Lipinski definition) is 6. The molecule has 1 saturated carbocycles. The largest absolute Gasteiger partial charge is 0.361 e. The minimum absolute atomic E-state index is 0.188. The zero-order chi connectivity index (χ0) is 20.7. The van der Waals surface area contributed by atoms with Gasteiger partial charge in [0.1, 0.15) is 11.5 Å². The second-order valence-electron chi connectivity index (χ2n) is 7.74. The van der Waals surface area contributed by atoms with Gasteiger partial charge < -0.3 is 4.52 Å². The van der Waals surface area contributed by atoms with Crippen molar-refractivity contribution in [3.8, 4) is 22.4 Å². The number of pyridine rings is 2. The lowest BCUT2D eigenvalue weighted by molar-refractivity contribution is 0.397. The molecule has 7 heteroatoms. The van der Waals surface area contributed by atoms with Gasteiger partial charge in [-0.15, -0.1) is 0 Å². The maximum absolute atomic E-state index is 12.7. The summed E-state index contributed by atoms with van der Waals surface area (Å²) in [6.07, 6.45) is 7.71. The number of hydrogen-bond donors (Lipinski definition) is 0. The molecule has 0 aromatic carbocycles. The molecule has 4 heterocycles. The summed E-state index contributed by atoms with van der Waals surface area (Å²) in [6.45, 7) is 4.04. The summed E-state index contributed by atoms with van der Waals surface area (Å²) < 4.78 is 6.81. The first-order valence-electron chi connectivity index (χ1n) is 10.00. The summed E-state index contributed by atoms with van der Waals surface area (Å²) in [5, 5.41) is 8.55. The molecule has 1 aliphatic rings. The number of rotatable bonds is 5. The summed E-state index contributed by atoms with van der Waals surface area (Å²) in [6, 6.07) is 9.51. The lowest BCUT2D eigenvalue weighted by Crippen LogP contribution is -2.23. The van der Waals surface area contributed by atoms with Crippen LogP contribution in [0.3, 0.4) is 0 Å². The van der Waals surface area contributed by atoms with Crippen molar-refractivity contribution in [2.24, 2.45) is 0 Å². The maximum Gasteiger partial charge on any atom is 0.267 e.